The summed E-state index contributed by atoms with van der Waals surface area (Å²) in [6.45, 7) is 1.68. The van der Waals surface area contributed by atoms with Crippen LogP contribution < -0.4 is 10.6 Å². The van der Waals surface area contributed by atoms with Gasteiger partial charge in [-0.15, -0.1) is 5.10 Å². The van der Waals surface area contributed by atoms with Gasteiger partial charge in [-0.05, 0) is 31.5 Å². The molecule has 1 aliphatic rings. The number of aryl methyl sites for hydroxylation is 1. The van der Waals surface area contributed by atoms with E-state index in [2.05, 4.69) is 37.0 Å². The minimum Gasteiger partial charge on any atom is -0.441 e. The van der Waals surface area contributed by atoms with Crippen LogP contribution in [-0.4, -0.2) is 37.0 Å². The normalized spacial score (nSPS) is 17.5. The SMILES string of the molecule is C[C@@H](OC(=O)Nc1c(-c2ccc(NC(=O)[C@H]3C[C@@H]3C#N)cn2)nnn1C)c1cccnc1Cl. The van der Waals surface area contributed by atoms with E-state index in [4.69, 9.17) is 21.6 Å². The van der Waals surface area contributed by atoms with Crippen molar-refractivity contribution in [2.75, 3.05) is 10.6 Å². The van der Waals surface area contributed by atoms with Gasteiger partial charge >= 0.3 is 6.09 Å². The van der Waals surface area contributed by atoms with Crippen LogP contribution in [0.3, 0.4) is 0 Å². The lowest BCUT2D eigenvalue weighted by atomic mass is 10.2. The second-order valence-corrected chi connectivity index (χ2v) is 7.82. The summed E-state index contributed by atoms with van der Waals surface area (Å²) in [4.78, 5) is 32.9. The number of nitrogens with one attached hydrogen (secondary N) is 2. The fraction of sp³-hybridized carbons (Fsp3) is 0.286. The van der Waals surface area contributed by atoms with Gasteiger partial charge in [0.05, 0.1) is 35.5 Å². The van der Waals surface area contributed by atoms with Gasteiger partial charge in [-0.1, -0.05) is 22.9 Å². The molecule has 3 atom stereocenters. The van der Waals surface area contributed by atoms with Crippen molar-refractivity contribution in [1.29, 1.82) is 5.26 Å². The number of anilines is 2. The van der Waals surface area contributed by atoms with Crippen molar-refractivity contribution >= 4 is 35.1 Å². The number of pyridine rings is 2. The molecule has 11 nitrogen and oxygen atoms in total. The molecule has 0 saturated heterocycles. The molecule has 0 aliphatic heterocycles. The molecule has 1 fully saturated rings. The number of ether oxygens (including phenoxy) is 1. The van der Waals surface area contributed by atoms with Crippen molar-refractivity contribution < 1.29 is 14.3 Å². The van der Waals surface area contributed by atoms with Crippen molar-refractivity contribution in [2.24, 2.45) is 18.9 Å². The van der Waals surface area contributed by atoms with Crippen LogP contribution in [0.4, 0.5) is 16.3 Å². The Bertz CT molecular complexity index is 1240. The zero-order chi connectivity index (χ0) is 23.5. The summed E-state index contributed by atoms with van der Waals surface area (Å²) in [5.41, 5.74) is 1.82. The predicted octanol–water partition coefficient (Wildman–Crippen LogP) is 3.33. The first-order chi connectivity index (χ1) is 15.9. The first-order valence-electron chi connectivity index (χ1n) is 10.0. The summed E-state index contributed by atoms with van der Waals surface area (Å²) in [5.74, 6) is -0.422. The largest absolute Gasteiger partial charge is 0.441 e. The quantitative estimate of drug-likeness (QED) is 0.525. The first-order valence-corrected chi connectivity index (χ1v) is 10.4. The Hall–Kier alpha value is -4.04. The van der Waals surface area contributed by atoms with Crippen LogP contribution in [0.15, 0.2) is 36.7 Å². The zero-order valence-corrected chi connectivity index (χ0v) is 18.4. The van der Waals surface area contributed by atoms with Gasteiger partial charge in [0.2, 0.25) is 5.91 Å². The Morgan fingerprint density at radius 3 is 2.79 bits per heavy atom. The minimum absolute atomic E-state index is 0.205. The van der Waals surface area contributed by atoms with Crippen molar-refractivity contribution in [3.05, 3.63) is 47.4 Å². The number of carbonyl (C=O) groups excluding carboxylic acids is 2. The fourth-order valence-corrected chi connectivity index (χ4v) is 3.46. The summed E-state index contributed by atoms with van der Waals surface area (Å²) >= 11 is 6.06. The molecule has 1 saturated carbocycles. The van der Waals surface area contributed by atoms with Gasteiger partial charge in [-0.3, -0.25) is 15.1 Å². The van der Waals surface area contributed by atoms with Gasteiger partial charge < -0.3 is 10.1 Å². The number of nitriles is 1. The van der Waals surface area contributed by atoms with E-state index in [-0.39, 0.29) is 28.7 Å². The van der Waals surface area contributed by atoms with Crippen LogP contribution in [0, 0.1) is 23.2 Å². The average Bonchev–Trinajstić information content (AvgIpc) is 3.52. The molecule has 0 aromatic carbocycles. The van der Waals surface area contributed by atoms with Gasteiger partial charge in [0.15, 0.2) is 11.5 Å². The molecule has 3 aromatic rings. The molecule has 1 aliphatic carbocycles. The topological polar surface area (TPSA) is 148 Å². The van der Waals surface area contributed by atoms with Crippen molar-refractivity contribution in [1.82, 2.24) is 25.0 Å². The molecule has 0 spiro atoms. The van der Waals surface area contributed by atoms with Crippen LogP contribution in [0.5, 0.6) is 0 Å². The lowest BCUT2D eigenvalue weighted by Crippen LogP contribution is -2.18. The number of hydrogen-bond donors (Lipinski definition) is 2. The lowest BCUT2D eigenvalue weighted by molar-refractivity contribution is -0.117. The molecule has 3 aromatic heterocycles. The Morgan fingerprint density at radius 1 is 1.30 bits per heavy atom. The molecule has 0 unspecified atom stereocenters. The summed E-state index contributed by atoms with van der Waals surface area (Å²) < 4.78 is 6.79. The minimum atomic E-state index is -0.727. The number of nitrogens with zero attached hydrogens (tertiary/aromatic N) is 6. The third kappa shape index (κ3) is 4.91. The number of hydrogen-bond acceptors (Lipinski definition) is 8. The molecule has 12 heteroatoms. The van der Waals surface area contributed by atoms with Crippen LogP contribution in [-0.2, 0) is 16.6 Å². The fourth-order valence-electron chi connectivity index (χ4n) is 3.19. The number of rotatable bonds is 6. The summed E-state index contributed by atoms with van der Waals surface area (Å²) in [7, 11) is 1.61. The summed E-state index contributed by atoms with van der Waals surface area (Å²) in [5, 5.41) is 22.5. The predicted molar refractivity (Wildman–Crippen MR) is 118 cm³/mol. The lowest BCUT2D eigenvalue weighted by Gasteiger charge is -2.15. The zero-order valence-electron chi connectivity index (χ0n) is 17.7. The van der Waals surface area contributed by atoms with Gasteiger partial charge in [-0.25, -0.2) is 14.5 Å². The Morgan fingerprint density at radius 2 is 2.12 bits per heavy atom. The van der Waals surface area contributed by atoms with Gasteiger partial charge in [-0.2, -0.15) is 5.26 Å². The Labute approximate surface area is 193 Å². The molecular weight excluding hydrogens is 448 g/mol. The van der Waals surface area contributed by atoms with E-state index < -0.39 is 12.2 Å². The second-order valence-electron chi connectivity index (χ2n) is 7.47. The van der Waals surface area contributed by atoms with Crippen LogP contribution >= 0.6 is 11.6 Å². The second kappa shape index (κ2) is 9.22. The molecule has 2 N–H and O–H groups in total. The van der Waals surface area contributed by atoms with E-state index in [1.54, 1.807) is 44.4 Å². The maximum absolute atomic E-state index is 12.5. The van der Waals surface area contributed by atoms with Crippen molar-refractivity contribution in [3.8, 4) is 17.5 Å². The van der Waals surface area contributed by atoms with Crippen LogP contribution in [0.1, 0.15) is 25.0 Å². The third-order valence-corrected chi connectivity index (χ3v) is 5.44. The first kappa shape index (κ1) is 22.2. The van der Waals surface area contributed by atoms with Crippen molar-refractivity contribution in [3.63, 3.8) is 0 Å². The monoisotopic (exact) mass is 466 g/mol. The third-order valence-electron chi connectivity index (χ3n) is 5.12. The maximum Gasteiger partial charge on any atom is 0.413 e. The van der Waals surface area contributed by atoms with E-state index in [0.29, 0.717) is 29.1 Å². The summed E-state index contributed by atoms with van der Waals surface area (Å²) in [6.07, 6.45) is 2.23. The van der Waals surface area contributed by atoms with Gasteiger partial charge in [0.25, 0.3) is 0 Å². The number of aromatic nitrogens is 5. The van der Waals surface area contributed by atoms with E-state index in [1.807, 2.05) is 0 Å². The van der Waals surface area contributed by atoms with E-state index in [1.165, 1.54) is 10.9 Å². The molecule has 4 rings (SSSR count). The smallest absolute Gasteiger partial charge is 0.413 e. The van der Waals surface area contributed by atoms with Gasteiger partial charge in [0.1, 0.15) is 11.3 Å². The summed E-state index contributed by atoms with van der Waals surface area (Å²) in [6, 6.07) is 8.81. The highest BCUT2D eigenvalue weighted by atomic mass is 35.5. The molecule has 2 amide bonds. The van der Waals surface area contributed by atoms with Crippen LogP contribution in [0.25, 0.3) is 11.4 Å². The molecule has 168 valence electrons. The molecule has 33 heavy (non-hydrogen) atoms. The van der Waals surface area contributed by atoms with Gasteiger partial charge in [0, 0.05) is 18.8 Å². The number of carbonyl (C=O) groups is 2. The Kier molecular flexibility index (Phi) is 6.19. The maximum atomic E-state index is 12.5. The molecule has 0 radical (unpaired) electrons. The van der Waals surface area contributed by atoms with E-state index in [0.717, 1.165) is 0 Å². The van der Waals surface area contributed by atoms with Crippen molar-refractivity contribution in [2.45, 2.75) is 19.4 Å². The standard InChI is InChI=1S/C21H19ClN8O3/c1-11(14-4-3-7-24-18(14)22)33-21(32)27-19-17(28-29-30(19)2)16-6-5-13(10-25-16)26-20(31)15-8-12(15)9-23/h3-7,10-12,15H,8H2,1-2H3,(H,26,31)(H,27,32)/t11-,12-,15+/m1/s1. The number of amides is 2. The molecule has 3 heterocycles. The van der Waals surface area contributed by atoms with E-state index in [9.17, 15) is 9.59 Å². The van der Waals surface area contributed by atoms with E-state index >= 15 is 0 Å². The highest BCUT2D eigenvalue weighted by molar-refractivity contribution is 6.30. The highest BCUT2D eigenvalue weighted by Gasteiger charge is 2.43. The Balaban J connectivity index is 1.43. The van der Waals surface area contributed by atoms with Crippen LogP contribution in [0.2, 0.25) is 5.15 Å². The highest BCUT2D eigenvalue weighted by Crippen LogP contribution is 2.38. The average molecular weight is 467 g/mol. The molecular formula is C21H19ClN8O3. The number of halogens is 1. The molecule has 0 bridgehead atoms.